The van der Waals surface area contributed by atoms with Crippen LogP contribution in [-0.4, -0.2) is 37.2 Å². The normalized spacial score (nSPS) is 22.0. The largest absolute Gasteiger partial charge is 0.469 e. The van der Waals surface area contributed by atoms with Crippen molar-refractivity contribution in [3.63, 3.8) is 0 Å². The number of aromatic nitrogens is 1. The van der Waals surface area contributed by atoms with Crippen molar-refractivity contribution in [2.45, 2.75) is 25.4 Å². The summed E-state index contributed by atoms with van der Waals surface area (Å²) in [7, 11) is 2.68. The van der Waals surface area contributed by atoms with Crippen LogP contribution in [-0.2, 0) is 24.6 Å². The van der Waals surface area contributed by atoms with Gasteiger partial charge in [0, 0.05) is 16.6 Å². The topological polar surface area (TPSA) is 89.5 Å². The van der Waals surface area contributed by atoms with Crippen LogP contribution in [0.15, 0.2) is 77.3 Å². The number of anilines is 1. The van der Waals surface area contributed by atoms with Gasteiger partial charge in [-0.05, 0) is 19.4 Å². The van der Waals surface area contributed by atoms with Gasteiger partial charge in [0.05, 0.1) is 37.1 Å². The Morgan fingerprint density at radius 3 is 2.29 bits per heavy atom. The third-order valence-corrected chi connectivity index (χ3v) is 6.98. The molecule has 0 saturated heterocycles. The van der Waals surface area contributed by atoms with Crippen molar-refractivity contribution in [1.29, 1.82) is 0 Å². The van der Waals surface area contributed by atoms with E-state index < -0.39 is 29.4 Å². The Balaban J connectivity index is 1.82. The Bertz CT molecular complexity index is 1210. The molecular formula is C26H27N3O4S. The smallest absolute Gasteiger partial charge is 0.337 e. The standard InChI is InChI=1S/C26H27N3O4S/c1-16-20(23(30)32-3)22(28-25-27-19(15-34-25)17-11-7-5-8-12-17)21(24(31)33-4)26(2,29-16)18-13-9-6-10-14-18/h5-15,21-22,29H,1-4H3,(H,27,28). The zero-order valence-electron chi connectivity index (χ0n) is 19.5. The average Bonchev–Trinajstić information content (AvgIpc) is 3.33. The predicted octanol–water partition coefficient (Wildman–Crippen LogP) is 4.35. The Morgan fingerprint density at radius 1 is 1.03 bits per heavy atom. The first-order chi connectivity index (χ1) is 16.4. The average molecular weight is 478 g/mol. The molecule has 3 aromatic rings. The summed E-state index contributed by atoms with van der Waals surface area (Å²) >= 11 is 1.41. The highest BCUT2D eigenvalue weighted by molar-refractivity contribution is 7.14. The number of thiazole rings is 1. The Hall–Kier alpha value is -3.65. The van der Waals surface area contributed by atoms with Gasteiger partial charge in [-0.3, -0.25) is 4.79 Å². The van der Waals surface area contributed by atoms with Crippen molar-refractivity contribution in [3.8, 4) is 11.3 Å². The number of nitrogens with zero attached hydrogens (tertiary/aromatic N) is 1. The number of ether oxygens (including phenoxy) is 2. The zero-order chi connectivity index (χ0) is 24.3. The molecule has 34 heavy (non-hydrogen) atoms. The Morgan fingerprint density at radius 2 is 1.68 bits per heavy atom. The van der Waals surface area contributed by atoms with Crippen molar-refractivity contribution in [2.24, 2.45) is 5.92 Å². The number of nitrogens with one attached hydrogen (secondary N) is 2. The van der Waals surface area contributed by atoms with Crippen LogP contribution in [0.25, 0.3) is 11.3 Å². The van der Waals surface area contributed by atoms with Gasteiger partial charge in [0.25, 0.3) is 0 Å². The second-order valence-electron chi connectivity index (χ2n) is 8.25. The minimum Gasteiger partial charge on any atom is -0.469 e. The van der Waals surface area contributed by atoms with Gasteiger partial charge < -0.3 is 20.1 Å². The van der Waals surface area contributed by atoms with E-state index in [1.54, 1.807) is 0 Å². The molecule has 4 rings (SSSR count). The first-order valence-corrected chi connectivity index (χ1v) is 11.7. The molecule has 7 nitrogen and oxygen atoms in total. The summed E-state index contributed by atoms with van der Waals surface area (Å²) in [6.45, 7) is 3.75. The lowest BCUT2D eigenvalue weighted by molar-refractivity contribution is -0.149. The molecule has 1 aromatic heterocycles. The summed E-state index contributed by atoms with van der Waals surface area (Å²) < 4.78 is 10.3. The second kappa shape index (κ2) is 9.69. The number of rotatable bonds is 6. The second-order valence-corrected chi connectivity index (χ2v) is 9.11. The summed E-state index contributed by atoms with van der Waals surface area (Å²) in [5.41, 5.74) is 2.79. The molecular weight excluding hydrogens is 450 g/mol. The molecule has 0 fully saturated rings. The monoisotopic (exact) mass is 477 g/mol. The van der Waals surface area contributed by atoms with Crippen molar-refractivity contribution in [1.82, 2.24) is 10.3 Å². The van der Waals surface area contributed by atoms with Crippen molar-refractivity contribution < 1.29 is 19.1 Å². The van der Waals surface area contributed by atoms with Crippen molar-refractivity contribution >= 4 is 28.4 Å². The molecule has 1 aliphatic heterocycles. The van der Waals surface area contributed by atoms with Gasteiger partial charge in [-0.15, -0.1) is 11.3 Å². The summed E-state index contributed by atoms with van der Waals surface area (Å²) in [5, 5.41) is 9.30. The van der Waals surface area contributed by atoms with Crippen LogP contribution in [0.1, 0.15) is 19.4 Å². The van der Waals surface area contributed by atoms with Gasteiger partial charge in [-0.1, -0.05) is 60.7 Å². The third kappa shape index (κ3) is 4.28. The molecule has 1 aliphatic rings. The van der Waals surface area contributed by atoms with Crippen molar-refractivity contribution in [3.05, 3.63) is 82.9 Å². The van der Waals surface area contributed by atoms with E-state index in [2.05, 4.69) is 10.6 Å². The molecule has 2 heterocycles. The van der Waals surface area contributed by atoms with E-state index in [0.717, 1.165) is 16.8 Å². The van der Waals surface area contributed by atoms with Crippen LogP contribution in [0.3, 0.4) is 0 Å². The number of esters is 2. The molecule has 3 atom stereocenters. The van der Waals surface area contributed by atoms with Crippen molar-refractivity contribution in [2.75, 3.05) is 19.5 Å². The van der Waals surface area contributed by atoms with Gasteiger partial charge in [0.2, 0.25) is 0 Å². The fourth-order valence-electron chi connectivity index (χ4n) is 4.56. The lowest BCUT2D eigenvalue weighted by Gasteiger charge is -2.46. The zero-order valence-corrected chi connectivity index (χ0v) is 20.3. The highest BCUT2D eigenvalue weighted by Crippen LogP contribution is 2.42. The number of allylic oxidation sites excluding steroid dienone is 1. The summed E-state index contributed by atoms with van der Waals surface area (Å²) in [5.74, 6) is -1.77. The number of hydrogen-bond acceptors (Lipinski definition) is 8. The third-order valence-electron chi connectivity index (χ3n) is 6.20. The lowest BCUT2D eigenvalue weighted by Crippen LogP contribution is -2.60. The van der Waals surface area contributed by atoms with Crippen LogP contribution < -0.4 is 10.6 Å². The van der Waals surface area contributed by atoms with Gasteiger partial charge in [0.15, 0.2) is 5.13 Å². The quantitative estimate of drug-likeness (QED) is 0.510. The van der Waals surface area contributed by atoms with Crippen LogP contribution >= 0.6 is 11.3 Å². The number of methoxy groups -OCH3 is 2. The minimum absolute atomic E-state index is 0.336. The number of carbonyl (C=O) groups excluding carboxylic acids is 2. The molecule has 0 bridgehead atoms. The maximum absolute atomic E-state index is 13.3. The number of hydrogen-bond donors (Lipinski definition) is 2. The molecule has 3 unspecified atom stereocenters. The number of carbonyl (C=O) groups is 2. The highest BCUT2D eigenvalue weighted by Gasteiger charge is 2.52. The van der Waals surface area contributed by atoms with Gasteiger partial charge in [0.1, 0.15) is 5.92 Å². The van der Waals surface area contributed by atoms with Gasteiger partial charge in [-0.2, -0.15) is 0 Å². The molecule has 2 aromatic carbocycles. The maximum atomic E-state index is 13.3. The van der Waals surface area contributed by atoms with Crippen LogP contribution in [0.4, 0.5) is 5.13 Å². The summed E-state index contributed by atoms with van der Waals surface area (Å²) in [4.78, 5) is 30.9. The molecule has 0 amide bonds. The van der Waals surface area contributed by atoms with E-state index in [0.29, 0.717) is 16.4 Å². The van der Waals surface area contributed by atoms with Gasteiger partial charge >= 0.3 is 11.9 Å². The molecule has 0 spiro atoms. The van der Waals surface area contributed by atoms with E-state index in [1.165, 1.54) is 25.6 Å². The van der Waals surface area contributed by atoms with E-state index in [1.807, 2.05) is 79.9 Å². The number of benzene rings is 2. The van der Waals surface area contributed by atoms with E-state index in [9.17, 15) is 9.59 Å². The van der Waals surface area contributed by atoms with Crippen LogP contribution in [0, 0.1) is 5.92 Å². The van der Waals surface area contributed by atoms with Crippen LogP contribution in [0.2, 0.25) is 0 Å². The summed E-state index contributed by atoms with van der Waals surface area (Å²) in [6.07, 6.45) is 0. The fourth-order valence-corrected chi connectivity index (χ4v) is 5.32. The molecule has 8 heteroatoms. The molecule has 0 saturated carbocycles. The molecule has 0 aliphatic carbocycles. The van der Waals surface area contributed by atoms with Gasteiger partial charge in [-0.25, -0.2) is 9.78 Å². The Labute approximate surface area is 202 Å². The molecule has 2 N–H and O–H groups in total. The summed E-state index contributed by atoms with van der Waals surface area (Å²) in [6, 6.07) is 18.7. The highest BCUT2D eigenvalue weighted by atomic mass is 32.1. The van der Waals surface area contributed by atoms with Crippen LogP contribution in [0.5, 0.6) is 0 Å². The first kappa shape index (κ1) is 23.5. The molecule has 0 radical (unpaired) electrons. The minimum atomic E-state index is -0.854. The lowest BCUT2D eigenvalue weighted by atomic mass is 9.70. The van der Waals surface area contributed by atoms with E-state index in [4.69, 9.17) is 14.5 Å². The SMILES string of the molecule is COC(=O)C1=C(C)NC(C)(c2ccccc2)C(C(=O)OC)C1Nc1nc(-c2ccccc2)cs1. The maximum Gasteiger partial charge on any atom is 0.337 e. The van der Waals surface area contributed by atoms with E-state index >= 15 is 0 Å². The fraction of sp³-hybridized carbons (Fsp3) is 0.269. The Kier molecular flexibility index (Phi) is 6.70. The van der Waals surface area contributed by atoms with E-state index in [-0.39, 0.29) is 0 Å². The first-order valence-electron chi connectivity index (χ1n) is 10.9. The predicted molar refractivity (Wildman–Crippen MR) is 132 cm³/mol. The molecule has 176 valence electrons.